The molecule has 3 N–H and O–H groups in total. The minimum absolute atomic E-state index is 0.102. The lowest BCUT2D eigenvalue weighted by molar-refractivity contribution is -0.118. The minimum atomic E-state index is -0.285. The number of fused-ring (bicyclic) bond motifs is 3. The summed E-state index contributed by atoms with van der Waals surface area (Å²) in [6.07, 6.45) is 2.16. The summed E-state index contributed by atoms with van der Waals surface area (Å²) in [5.41, 5.74) is 10.0. The van der Waals surface area contributed by atoms with Gasteiger partial charge in [-0.25, -0.2) is 0 Å². The van der Waals surface area contributed by atoms with E-state index in [4.69, 9.17) is 5.73 Å². The van der Waals surface area contributed by atoms with Crippen LogP contribution in [0.1, 0.15) is 35.6 Å². The van der Waals surface area contributed by atoms with E-state index in [1.54, 1.807) is 6.07 Å². The summed E-state index contributed by atoms with van der Waals surface area (Å²) in [4.78, 5) is 11.4. The smallest absolute Gasteiger partial charge is 0.218 e. The summed E-state index contributed by atoms with van der Waals surface area (Å²) in [6, 6.07) is 15.9. The number of aromatic hydroxyl groups is 1. The van der Waals surface area contributed by atoms with Crippen molar-refractivity contribution in [1.29, 1.82) is 0 Å². The van der Waals surface area contributed by atoms with Gasteiger partial charge in [0.2, 0.25) is 5.91 Å². The van der Waals surface area contributed by atoms with Crippen molar-refractivity contribution >= 4 is 16.8 Å². The third kappa shape index (κ3) is 2.35. The molecule has 1 aliphatic rings. The number of aromatic nitrogens is 1. The van der Waals surface area contributed by atoms with Gasteiger partial charge >= 0.3 is 0 Å². The molecule has 1 unspecified atom stereocenters. The van der Waals surface area contributed by atoms with Crippen molar-refractivity contribution in [3.05, 3.63) is 65.4 Å². The first-order chi connectivity index (χ1) is 11.6. The summed E-state index contributed by atoms with van der Waals surface area (Å²) < 4.78 is 2.28. The van der Waals surface area contributed by atoms with Crippen molar-refractivity contribution in [2.45, 2.75) is 31.7 Å². The van der Waals surface area contributed by atoms with E-state index < -0.39 is 0 Å². The van der Waals surface area contributed by atoms with Gasteiger partial charge in [-0.05, 0) is 42.0 Å². The number of carbonyl (C=O) groups is 1. The van der Waals surface area contributed by atoms with E-state index in [2.05, 4.69) is 16.7 Å². The predicted octanol–water partition coefficient (Wildman–Crippen LogP) is 3.30. The molecule has 24 heavy (non-hydrogen) atoms. The molecule has 0 aliphatic heterocycles. The van der Waals surface area contributed by atoms with Crippen molar-refractivity contribution in [2.75, 3.05) is 0 Å². The van der Waals surface area contributed by atoms with E-state index in [1.807, 2.05) is 30.3 Å². The van der Waals surface area contributed by atoms with Gasteiger partial charge in [0.25, 0.3) is 0 Å². The Morgan fingerprint density at radius 2 is 1.96 bits per heavy atom. The fraction of sp³-hybridized carbons (Fsp3) is 0.250. The van der Waals surface area contributed by atoms with Gasteiger partial charge in [-0.15, -0.1) is 0 Å². The molecule has 1 atom stereocenters. The minimum Gasteiger partial charge on any atom is -0.507 e. The number of benzene rings is 2. The fourth-order valence-corrected chi connectivity index (χ4v) is 4.02. The molecule has 1 amide bonds. The van der Waals surface area contributed by atoms with Crippen LogP contribution in [0.3, 0.4) is 0 Å². The first kappa shape index (κ1) is 14.8. The topological polar surface area (TPSA) is 68.2 Å². The zero-order valence-electron chi connectivity index (χ0n) is 13.4. The Labute approximate surface area is 140 Å². The number of phenols is 1. The number of amides is 1. The van der Waals surface area contributed by atoms with Crippen LogP contribution in [0, 0.1) is 0 Å². The normalized spacial score (nSPS) is 16.4. The molecule has 0 bridgehead atoms. The van der Waals surface area contributed by atoms with Crippen LogP contribution in [-0.2, 0) is 17.8 Å². The van der Waals surface area contributed by atoms with Crippen molar-refractivity contribution < 1.29 is 9.90 Å². The molecule has 2 aromatic carbocycles. The molecule has 3 aromatic rings. The second-order valence-electron chi connectivity index (χ2n) is 6.51. The standard InChI is InChI=1S/C20H20N2O2/c21-18(24)11-14-9-10-16-19(14)20-15(7-4-8-17(20)23)22(16)12-13-5-2-1-3-6-13/h1-8,14,23H,9-12H2,(H2,21,24). The molecule has 1 aliphatic carbocycles. The number of rotatable bonds is 4. The predicted molar refractivity (Wildman–Crippen MR) is 94.0 cm³/mol. The van der Waals surface area contributed by atoms with E-state index >= 15 is 0 Å². The first-order valence-electron chi connectivity index (χ1n) is 8.30. The number of carbonyl (C=O) groups excluding carboxylic acids is 1. The van der Waals surface area contributed by atoms with Gasteiger partial charge in [0.1, 0.15) is 5.75 Å². The van der Waals surface area contributed by atoms with Gasteiger partial charge < -0.3 is 15.4 Å². The van der Waals surface area contributed by atoms with Crippen LogP contribution >= 0.6 is 0 Å². The van der Waals surface area contributed by atoms with Crippen molar-refractivity contribution in [3.63, 3.8) is 0 Å². The Morgan fingerprint density at radius 1 is 1.17 bits per heavy atom. The zero-order valence-corrected chi connectivity index (χ0v) is 13.4. The Kier molecular flexibility index (Phi) is 3.53. The Bertz CT molecular complexity index is 912. The number of phenolic OH excluding ortho intramolecular Hbond substituents is 1. The summed E-state index contributed by atoms with van der Waals surface area (Å²) in [6.45, 7) is 0.763. The maximum Gasteiger partial charge on any atom is 0.218 e. The molecule has 4 rings (SSSR count). The average Bonchev–Trinajstić information content (AvgIpc) is 3.09. The Hall–Kier alpha value is -2.75. The van der Waals surface area contributed by atoms with E-state index in [0.717, 1.165) is 35.9 Å². The van der Waals surface area contributed by atoms with Crippen molar-refractivity contribution in [3.8, 4) is 5.75 Å². The highest BCUT2D eigenvalue weighted by Gasteiger charge is 2.31. The van der Waals surface area contributed by atoms with Gasteiger partial charge in [0.15, 0.2) is 0 Å². The lowest BCUT2D eigenvalue weighted by atomic mass is 9.96. The number of primary amides is 1. The molecule has 122 valence electrons. The Balaban J connectivity index is 1.89. The molecular weight excluding hydrogens is 300 g/mol. The van der Waals surface area contributed by atoms with Crippen LogP contribution in [0.2, 0.25) is 0 Å². The van der Waals surface area contributed by atoms with Crippen molar-refractivity contribution in [2.24, 2.45) is 5.73 Å². The molecule has 0 radical (unpaired) electrons. The monoisotopic (exact) mass is 320 g/mol. The summed E-state index contributed by atoms with van der Waals surface area (Å²) >= 11 is 0. The molecule has 0 spiro atoms. The molecule has 4 heteroatoms. The summed E-state index contributed by atoms with van der Waals surface area (Å²) in [7, 11) is 0. The van der Waals surface area contributed by atoms with Gasteiger partial charge in [-0.3, -0.25) is 4.79 Å². The van der Waals surface area contributed by atoms with E-state index in [1.165, 1.54) is 11.3 Å². The van der Waals surface area contributed by atoms with Gasteiger partial charge in [0.05, 0.1) is 5.52 Å². The second kappa shape index (κ2) is 5.71. The molecular formula is C20H20N2O2. The van der Waals surface area contributed by atoms with Gasteiger partial charge in [-0.2, -0.15) is 0 Å². The van der Waals surface area contributed by atoms with Crippen molar-refractivity contribution in [1.82, 2.24) is 4.57 Å². The highest BCUT2D eigenvalue weighted by atomic mass is 16.3. The zero-order chi connectivity index (χ0) is 16.7. The molecule has 0 saturated carbocycles. The number of hydrogen-bond acceptors (Lipinski definition) is 2. The van der Waals surface area contributed by atoms with Gasteiger partial charge in [0, 0.05) is 24.0 Å². The largest absolute Gasteiger partial charge is 0.507 e. The van der Waals surface area contributed by atoms with Gasteiger partial charge in [-0.1, -0.05) is 36.4 Å². The SMILES string of the molecule is NC(=O)CC1CCc2c1c1c(O)cccc1n2Cc1ccccc1. The first-order valence-corrected chi connectivity index (χ1v) is 8.30. The van der Waals surface area contributed by atoms with E-state index in [-0.39, 0.29) is 17.6 Å². The van der Waals surface area contributed by atoms with E-state index in [9.17, 15) is 9.90 Å². The third-order valence-electron chi connectivity index (χ3n) is 4.99. The quantitative estimate of drug-likeness (QED) is 0.774. The number of nitrogens with two attached hydrogens (primary N) is 1. The average molecular weight is 320 g/mol. The van der Waals surface area contributed by atoms with Crippen LogP contribution in [0.4, 0.5) is 0 Å². The molecule has 1 heterocycles. The van der Waals surface area contributed by atoms with Crippen LogP contribution in [0.5, 0.6) is 5.75 Å². The van der Waals surface area contributed by atoms with E-state index in [0.29, 0.717) is 6.42 Å². The lowest BCUT2D eigenvalue weighted by Crippen LogP contribution is -2.13. The molecule has 1 aromatic heterocycles. The van der Waals surface area contributed by atoms with Crippen LogP contribution in [0.25, 0.3) is 10.9 Å². The maximum atomic E-state index is 11.4. The molecule has 4 nitrogen and oxygen atoms in total. The maximum absolute atomic E-state index is 11.4. The Morgan fingerprint density at radius 3 is 2.71 bits per heavy atom. The highest BCUT2D eigenvalue weighted by Crippen LogP contribution is 2.45. The lowest BCUT2D eigenvalue weighted by Gasteiger charge is -2.10. The highest BCUT2D eigenvalue weighted by molar-refractivity contribution is 5.93. The summed E-state index contributed by atoms with van der Waals surface area (Å²) in [5.74, 6) is 0.101. The number of nitrogens with zero attached hydrogens (tertiary/aromatic N) is 1. The second-order valence-corrected chi connectivity index (χ2v) is 6.51. The third-order valence-corrected chi connectivity index (χ3v) is 4.99. The van der Waals surface area contributed by atoms with Crippen LogP contribution in [-0.4, -0.2) is 15.6 Å². The fourth-order valence-electron chi connectivity index (χ4n) is 4.02. The molecule has 0 saturated heterocycles. The van der Waals surface area contributed by atoms with Crippen LogP contribution < -0.4 is 5.73 Å². The van der Waals surface area contributed by atoms with Crippen LogP contribution in [0.15, 0.2) is 48.5 Å². The molecule has 0 fully saturated rings. The summed E-state index contributed by atoms with van der Waals surface area (Å²) in [5, 5.41) is 11.3. The number of hydrogen-bond donors (Lipinski definition) is 2.